The lowest BCUT2D eigenvalue weighted by Crippen LogP contribution is -2.30. The third-order valence-electron chi connectivity index (χ3n) is 3.23. The van der Waals surface area contributed by atoms with E-state index >= 15 is 0 Å². The summed E-state index contributed by atoms with van der Waals surface area (Å²) in [5.74, 6) is 0.784. The molecule has 96 valence electrons. The third-order valence-corrected chi connectivity index (χ3v) is 3.23. The van der Waals surface area contributed by atoms with Gasteiger partial charge >= 0.3 is 6.18 Å². The highest BCUT2D eigenvalue weighted by Gasteiger charge is 2.28. The van der Waals surface area contributed by atoms with Gasteiger partial charge in [0, 0.05) is 6.61 Å². The monoisotopic (exact) mass is 239 g/mol. The first-order valence-electron chi connectivity index (χ1n) is 5.87. The summed E-state index contributed by atoms with van der Waals surface area (Å²) in [6, 6.07) is 0. The molecule has 0 bridgehead atoms. The lowest BCUT2D eigenvalue weighted by atomic mass is 9.80. The van der Waals surface area contributed by atoms with Crippen LogP contribution in [0.25, 0.3) is 0 Å². The number of hydrogen-bond donors (Lipinski definition) is 1. The van der Waals surface area contributed by atoms with E-state index in [4.69, 9.17) is 10.5 Å². The summed E-state index contributed by atoms with van der Waals surface area (Å²) in [5, 5.41) is 0. The molecule has 2 unspecified atom stereocenters. The van der Waals surface area contributed by atoms with E-state index in [2.05, 4.69) is 0 Å². The van der Waals surface area contributed by atoms with Crippen LogP contribution in [0.15, 0.2) is 0 Å². The highest BCUT2D eigenvalue weighted by Crippen LogP contribution is 2.29. The molecule has 0 spiro atoms. The average molecular weight is 239 g/mol. The van der Waals surface area contributed by atoms with Gasteiger partial charge in [-0.25, -0.2) is 0 Å². The number of hydrogen-bond acceptors (Lipinski definition) is 2. The van der Waals surface area contributed by atoms with Crippen LogP contribution in [0.3, 0.4) is 0 Å². The van der Waals surface area contributed by atoms with Crippen LogP contribution in [-0.2, 0) is 4.74 Å². The van der Waals surface area contributed by atoms with E-state index in [1.807, 2.05) is 0 Å². The summed E-state index contributed by atoms with van der Waals surface area (Å²) >= 11 is 0. The van der Waals surface area contributed by atoms with E-state index in [0.29, 0.717) is 25.0 Å². The second-order valence-corrected chi connectivity index (χ2v) is 4.48. The second-order valence-electron chi connectivity index (χ2n) is 4.48. The highest BCUT2D eigenvalue weighted by molar-refractivity contribution is 4.75. The Bertz CT molecular complexity index is 196. The lowest BCUT2D eigenvalue weighted by Gasteiger charge is -2.30. The van der Waals surface area contributed by atoms with Gasteiger partial charge in [0.1, 0.15) is 0 Å². The minimum absolute atomic E-state index is 0.225. The van der Waals surface area contributed by atoms with Crippen molar-refractivity contribution in [1.82, 2.24) is 0 Å². The molecule has 0 aromatic rings. The van der Waals surface area contributed by atoms with Gasteiger partial charge in [-0.3, -0.25) is 0 Å². The Hall–Kier alpha value is -0.290. The fourth-order valence-electron chi connectivity index (χ4n) is 2.24. The molecule has 0 radical (unpaired) electrons. The molecule has 2 N–H and O–H groups in total. The molecule has 2 nitrogen and oxygen atoms in total. The van der Waals surface area contributed by atoms with E-state index < -0.39 is 12.6 Å². The minimum atomic E-state index is -4.11. The van der Waals surface area contributed by atoms with Gasteiger partial charge < -0.3 is 10.5 Å². The first kappa shape index (κ1) is 13.8. The van der Waals surface area contributed by atoms with Crippen LogP contribution >= 0.6 is 0 Å². The van der Waals surface area contributed by atoms with Crippen molar-refractivity contribution in [2.45, 2.75) is 38.3 Å². The predicted molar refractivity (Wildman–Crippen MR) is 56.0 cm³/mol. The summed E-state index contributed by atoms with van der Waals surface area (Å²) in [7, 11) is 0. The quantitative estimate of drug-likeness (QED) is 0.749. The Morgan fingerprint density at radius 2 is 1.75 bits per heavy atom. The summed E-state index contributed by atoms with van der Waals surface area (Å²) in [6.45, 7) is 0.822. The summed E-state index contributed by atoms with van der Waals surface area (Å²) in [5.41, 5.74) is 5.63. The molecule has 1 aliphatic rings. The maximum absolute atomic E-state index is 11.9. The molecule has 0 aliphatic heterocycles. The van der Waals surface area contributed by atoms with E-state index in [9.17, 15) is 13.2 Å². The Morgan fingerprint density at radius 1 is 1.12 bits per heavy atom. The predicted octanol–water partition coefficient (Wildman–Crippen LogP) is 2.72. The zero-order chi connectivity index (χ0) is 12.0. The van der Waals surface area contributed by atoms with Gasteiger partial charge in [0.2, 0.25) is 0 Å². The van der Waals surface area contributed by atoms with E-state index in [1.54, 1.807) is 0 Å². The largest absolute Gasteiger partial charge is 0.391 e. The molecule has 1 fully saturated rings. The molecule has 0 aromatic carbocycles. The van der Waals surface area contributed by atoms with Crippen molar-refractivity contribution in [3.8, 4) is 0 Å². The Morgan fingerprint density at radius 3 is 2.31 bits per heavy atom. The van der Waals surface area contributed by atoms with Crippen LogP contribution in [0.4, 0.5) is 13.2 Å². The van der Waals surface area contributed by atoms with Crippen molar-refractivity contribution < 1.29 is 17.9 Å². The van der Waals surface area contributed by atoms with E-state index in [1.165, 1.54) is 6.42 Å². The molecule has 1 rings (SSSR count). The van der Waals surface area contributed by atoms with E-state index in [-0.39, 0.29) is 6.61 Å². The zero-order valence-electron chi connectivity index (χ0n) is 9.43. The number of rotatable bonds is 5. The van der Waals surface area contributed by atoms with Crippen molar-refractivity contribution in [2.75, 3.05) is 19.8 Å². The van der Waals surface area contributed by atoms with Crippen molar-refractivity contribution in [3.05, 3.63) is 0 Å². The third kappa shape index (κ3) is 5.16. The molecule has 2 atom stereocenters. The maximum atomic E-state index is 11.9. The topological polar surface area (TPSA) is 35.2 Å². The summed E-state index contributed by atoms with van der Waals surface area (Å²) < 4.78 is 40.7. The van der Waals surface area contributed by atoms with Crippen LogP contribution in [-0.4, -0.2) is 25.9 Å². The lowest BCUT2D eigenvalue weighted by molar-refractivity contribution is -0.146. The molecule has 0 saturated heterocycles. The van der Waals surface area contributed by atoms with Gasteiger partial charge in [0.15, 0.2) is 0 Å². The second kappa shape index (κ2) is 6.45. The van der Waals surface area contributed by atoms with Gasteiger partial charge in [-0.05, 0) is 31.2 Å². The number of nitrogens with two attached hydrogens (primary N) is 1. The molecule has 0 heterocycles. The van der Waals surface area contributed by atoms with Crippen molar-refractivity contribution in [2.24, 2.45) is 17.6 Å². The fraction of sp³-hybridized carbons (Fsp3) is 1.00. The standard InChI is InChI=1S/C11H20F3NO/c12-11(13,14)5-6-16-8-10-4-2-1-3-9(10)7-15/h9-10H,1-8,15H2. The maximum Gasteiger partial charge on any atom is 0.391 e. The van der Waals surface area contributed by atoms with Gasteiger partial charge in [0.05, 0.1) is 13.0 Å². The average Bonchev–Trinajstić information content (AvgIpc) is 2.23. The molecule has 5 heteroatoms. The van der Waals surface area contributed by atoms with Gasteiger partial charge in [-0.15, -0.1) is 0 Å². The smallest absolute Gasteiger partial charge is 0.381 e. The number of alkyl halides is 3. The summed E-state index contributed by atoms with van der Waals surface area (Å²) in [6.07, 6.45) is -0.519. The molecule has 16 heavy (non-hydrogen) atoms. The van der Waals surface area contributed by atoms with Crippen LogP contribution in [0, 0.1) is 11.8 Å². The molecule has 0 amide bonds. The van der Waals surface area contributed by atoms with Crippen LogP contribution in [0.1, 0.15) is 32.1 Å². The zero-order valence-corrected chi connectivity index (χ0v) is 9.43. The van der Waals surface area contributed by atoms with Crippen LogP contribution < -0.4 is 5.73 Å². The van der Waals surface area contributed by atoms with Crippen molar-refractivity contribution in [1.29, 1.82) is 0 Å². The van der Waals surface area contributed by atoms with E-state index in [0.717, 1.165) is 19.3 Å². The van der Waals surface area contributed by atoms with Crippen molar-refractivity contribution >= 4 is 0 Å². The highest BCUT2D eigenvalue weighted by atomic mass is 19.4. The fourth-order valence-corrected chi connectivity index (χ4v) is 2.24. The molecular formula is C11H20F3NO. The molecule has 0 aromatic heterocycles. The SMILES string of the molecule is NCC1CCCCC1COCCC(F)(F)F. The Balaban J connectivity index is 2.15. The van der Waals surface area contributed by atoms with Gasteiger partial charge in [-0.1, -0.05) is 12.8 Å². The Labute approximate surface area is 94.3 Å². The van der Waals surface area contributed by atoms with Crippen LogP contribution in [0.5, 0.6) is 0 Å². The van der Waals surface area contributed by atoms with Gasteiger partial charge in [-0.2, -0.15) is 13.2 Å². The minimum Gasteiger partial charge on any atom is -0.381 e. The first-order valence-corrected chi connectivity index (χ1v) is 5.87. The number of halogens is 3. The first-order chi connectivity index (χ1) is 7.53. The van der Waals surface area contributed by atoms with Crippen molar-refractivity contribution in [3.63, 3.8) is 0 Å². The molecular weight excluding hydrogens is 219 g/mol. The molecule has 1 saturated carbocycles. The van der Waals surface area contributed by atoms with Crippen LogP contribution in [0.2, 0.25) is 0 Å². The summed E-state index contributed by atoms with van der Waals surface area (Å²) in [4.78, 5) is 0. The molecule has 1 aliphatic carbocycles. The Kier molecular flexibility index (Phi) is 5.55. The normalized spacial score (nSPS) is 27.0. The van der Waals surface area contributed by atoms with Gasteiger partial charge in [0.25, 0.3) is 0 Å². The number of ether oxygens (including phenoxy) is 1.